The number of aryl methyl sites for hydroxylation is 1. The molecule has 0 fully saturated rings. The highest BCUT2D eigenvalue weighted by molar-refractivity contribution is 5.70. The van der Waals surface area contributed by atoms with Crippen LogP contribution in [-0.4, -0.2) is 20.9 Å². The lowest BCUT2D eigenvalue weighted by atomic mass is 10.0. The second-order valence-corrected chi connectivity index (χ2v) is 3.91. The van der Waals surface area contributed by atoms with Crippen LogP contribution >= 0.6 is 0 Å². The van der Waals surface area contributed by atoms with Crippen LogP contribution in [0, 0.1) is 5.92 Å². The van der Waals surface area contributed by atoms with Crippen molar-refractivity contribution < 1.29 is 9.90 Å². The predicted octanol–water partition coefficient (Wildman–Crippen LogP) is 1.25. The number of carboxylic acids is 1. The maximum Gasteiger partial charge on any atom is 0.307 e. The van der Waals surface area contributed by atoms with E-state index in [-0.39, 0.29) is 6.42 Å². The lowest BCUT2D eigenvalue weighted by molar-refractivity contribution is -0.136. The summed E-state index contributed by atoms with van der Waals surface area (Å²) in [5.41, 5.74) is 1.86. The van der Waals surface area contributed by atoms with E-state index in [1.54, 1.807) is 10.9 Å². The van der Waals surface area contributed by atoms with Crippen molar-refractivity contribution in [2.45, 2.75) is 26.7 Å². The molecular formula is C10H16N2O2. The molecule has 0 saturated heterocycles. The van der Waals surface area contributed by atoms with Gasteiger partial charge in [0.1, 0.15) is 0 Å². The minimum absolute atomic E-state index is 0.0654. The van der Waals surface area contributed by atoms with Crippen LogP contribution in [0.15, 0.2) is 6.20 Å². The van der Waals surface area contributed by atoms with Gasteiger partial charge in [-0.25, -0.2) is 0 Å². The number of hydrogen-bond donors (Lipinski definition) is 1. The lowest BCUT2D eigenvalue weighted by Crippen LogP contribution is -2.07. The third-order valence-electron chi connectivity index (χ3n) is 2.09. The summed E-state index contributed by atoms with van der Waals surface area (Å²) >= 11 is 0. The fourth-order valence-electron chi connectivity index (χ4n) is 1.47. The third kappa shape index (κ3) is 2.58. The van der Waals surface area contributed by atoms with Crippen LogP contribution < -0.4 is 0 Å². The van der Waals surface area contributed by atoms with E-state index < -0.39 is 5.97 Å². The highest BCUT2D eigenvalue weighted by Gasteiger charge is 2.12. The number of carbonyl (C=O) groups is 1. The second kappa shape index (κ2) is 4.26. The molecule has 0 unspecified atom stereocenters. The van der Waals surface area contributed by atoms with E-state index in [0.717, 1.165) is 17.7 Å². The number of carboxylic acid groups (broad SMARTS) is 1. The molecule has 0 atom stereocenters. The molecule has 0 saturated carbocycles. The molecule has 0 amide bonds. The van der Waals surface area contributed by atoms with Gasteiger partial charge < -0.3 is 5.11 Å². The minimum atomic E-state index is -0.803. The van der Waals surface area contributed by atoms with E-state index in [1.807, 2.05) is 7.05 Å². The Morgan fingerprint density at radius 2 is 2.29 bits per heavy atom. The zero-order valence-corrected chi connectivity index (χ0v) is 8.82. The highest BCUT2D eigenvalue weighted by atomic mass is 16.4. The Bertz CT molecular complexity index is 329. The van der Waals surface area contributed by atoms with Crippen LogP contribution in [0.3, 0.4) is 0 Å². The summed E-state index contributed by atoms with van der Waals surface area (Å²) in [6.45, 7) is 4.22. The molecule has 4 heteroatoms. The van der Waals surface area contributed by atoms with Gasteiger partial charge in [-0.3, -0.25) is 9.48 Å². The van der Waals surface area contributed by atoms with Crippen molar-refractivity contribution in [2.24, 2.45) is 13.0 Å². The van der Waals surface area contributed by atoms with Crippen molar-refractivity contribution >= 4 is 5.97 Å². The average molecular weight is 196 g/mol. The molecule has 78 valence electrons. The molecule has 0 aliphatic heterocycles. The number of hydrogen-bond acceptors (Lipinski definition) is 2. The van der Waals surface area contributed by atoms with Gasteiger partial charge in [0, 0.05) is 18.3 Å². The van der Waals surface area contributed by atoms with Crippen molar-refractivity contribution in [1.82, 2.24) is 9.78 Å². The van der Waals surface area contributed by atoms with Gasteiger partial charge in [-0.2, -0.15) is 5.10 Å². The summed E-state index contributed by atoms with van der Waals surface area (Å²) in [4.78, 5) is 10.6. The molecule has 1 N–H and O–H groups in total. The van der Waals surface area contributed by atoms with Crippen molar-refractivity contribution in [3.05, 3.63) is 17.5 Å². The maximum absolute atomic E-state index is 10.6. The van der Waals surface area contributed by atoms with Gasteiger partial charge in [0.05, 0.1) is 12.6 Å². The number of aromatic nitrogens is 2. The molecule has 0 aliphatic rings. The van der Waals surface area contributed by atoms with Crippen molar-refractivity contribution in [3.8, 4) is 0 Å². The second-order valence-electron chi connectivity index (χ2n) is 3.91. The molecule has 1 heterocycles. The predicted molar refractivity (Wildman–Crippen MR) is 53.1 cm³/mol. The van der Waals surface area contributed by atoms with Gasteiger partial charge in [-0.15, -0.1) is 0 Å². The SMILES string of the molecule is CC(C)Cc1c(CC(=O)O)cnn1C. The van der Waals surface area contributed by atoms with Crippen molar-refractivity contribution in [3.63, 3.8) is 0 Å². The van der Waals surface area contributed by atoms with Gasteiger partial charge in [-0.1, -0.05) is 13.8 Å². The van der Waals surface area contributed by atoms with Crippen molar-refractivity contribution in [1.29, 1.82) is 0 Å². The fraction of sp³-hybridized carbons (Fsp3) is 0.600. The van der Waals surface area contributed by atoms with E-state index >= 15 is 0 Å². The minimum Gasteiger partial charge on any atom is -0.481 e. The zero-order chi connectivity index (χ0) is 10.7. The van der Waals surface area contributed by atoms with Crippen LogP contribution in [0.2, 0.25) is 0 Å². The quantitative estimate of drug-likeness (QED) is 0.788. The molecule has 1 rings (SSSR count). The Morgan fingerprint density at radius 3 is 2.79 bits per heavy atom. The van der Waals surface area contributed by atoms with Gasteiger partial charge in [0.25, 0.3) is 0 Å². The largest absolute Gasteiger partial charge is 0.481 e. The molecule has 0 aliphatic carbocycles. The zero-order valence-electron chi connectivity index (χ0n) is 8.82. The first-order chi connectivity index (χ1) is 6.50. The van der Waals surface area contributed by atoms with E-state index in [9.17, 15) is 4.79 Å². The summed E-state index contributed by atoms with van der Waals surface area (Å²) in [5.74, 6) is -0.291. The Labute approximate surface area is 83.5 Å². The fourth-order valence-corrected chi connectivity index (χ4v) is 1.47. The molecule has 0 bridgehead atoms. The first-order valence-electron chi connectivity index (χ1n) is 4.72. The smallest absolute Gasteiger partial charge is 0.307 e. The van der Waals surface area contributed by atoms with E-state index in [4.69, 9.17) is 5.11 Å². The standard InChI is InChI=1S/C10H16N2O2/c1-7(2)4-9-8(5-10(13)14)6-11-12(9)3/h6-7H,4-5H2,1-3H3,(H,13,14). The third-order valence-corrected chi connectivity index (χ3v) is 2.09. The first-order valence-corrected chi connectivity index (χ1v) is 4.72. The molecule has 1 aromatic rings. The molecule has 4 nitrogen and oxygen atoms in total. The summed E-state index contributed by atoms with van der Waals surface area (Å²) in [6, 6.07) is 0. The highest BCUT2D eigenvalue weighted by Crippen LogP contribution is 2.13. The van der Waals surface area contributed by atoms with Gasteiger partial charge >= 0.3 is 5.97 Å². The number of aliphatic carboxylic acids is 1. The van der Waals surface area contributed by atoms with Crippen molar-refractivity contribution in [2.75, 3.05) is 0 Å². The topological polar surface area (TPSA) is 55.1 Å². The molecule has 0 radical (unpaired) electrons. The van der Waals surface area contributed by atoms with Gasteiger partial charge in [-0.05, 0) is 12.3 Å². The molecular weight excluding hydrogens is 180 g/mol. The normalized spacial score (nSPS) is 10.9. The number of nitrogens with zero attached hydrogens (tertiary/aromatic N) is 2. The number of rotatable bonds is 4. The first kappa shape index (κ1) is 10.8. The van der Waals surface area contributed by atoms with Gasteiger partial charge in [0.2, 0.25) is 0 Å². The van der Waals surface area contributed by atoms with Crippen LogP contribution in [0.25, 0.3) is 0 Å². The van der Waals surface area contributed by atoms with E-state index in [1.165, 1.54) is 0 Å². The molecule has 14 heavy (non-hydrogen) atoms. The van der Waals surface area contributed by atoms with Crippen LogP contribution in [0.1, 0.15) is 25.1 Å². The summed E-state index contributed by atoms with van der Waals surface area (Å²) < 4.78 is 1.76. The Balaban J connectivity index is 2.88. The summed E-state index contributed by atoms with van der Waals surface area (Å²) in [6.07, 6.45) is 2.58. The Hall–Kier alpha value is -1.32. The molecule has 0 spiro atoms. The summed E-state index contributed by atoms with van der Waals surface area (Å²) in [5, 5.41) is 12.8. The molecule has 1 aromatic heterocycles. The van der Waals surface area contributed by atoms with E-state index in [0.29, 0.717) is 5.92 Å². The summed E-state index contributed by atoms with van der Waals surface area (Å²) in [7, 11) is 1.85. The average Bonchev–Trinajstić information content (AvgIpc) is 2.34. The van der Waals surface area contributed by atoms with Gasteiger partial charge in [0.15, 0.2) is 0 Å². The van der Waals surface area contributed by atoms with E-state index in [2.05, 4.69) is 18.9 Å². The van der Waals surface area contributed by atoms with Crippen LogP contribution in [0.5, 0.6) is 0 Å². The maximum atomic E-state index is 10.6. The van der Waals surface area contributed by atoms with Crippen LogP contribution in [0.4, 0.5) is 0 Å². The van der Waals surface area contributed by atoms with Crippen LogP contribution in [-0.2, 0) is 24.7 Å². The Kier molecular flexibility index (Phi) is 3.28. The molecule has 0 aromatic carbocycles. The monoisotopic (exact) mass is 196 g/mol. The lowest BCUT2D eigenvalue weighted by Gasteiger charge is -2.07. The Morgan fingerprint density at radius 1 is 1.64 bits per heavy atom.